The molecule has 2 amide bonds. The maximum Gasteiger partial charge on any atom is 0.269 e. The van der Waals surface area contributed by atoms with Crippen molar-refractivity contribution in [3.8, 4) is 0 Å². The number of aryl methyl sites for hydroxylation is 1. The molecule has 0 radical (unpaired) electrons. The molecule has 0 saturated carbocycles. The number of aromatic amines is 1. The average Bonchev–Trinajstić information content (AvgIpc) is 3.32. The van der Waals surface area contributed by atoms with Crippen molar-refractivity contribution < 1.29 is 9.59 Å². The number of benzene rings is 1. The molecule has 1 fully saturated rings. The number of nitrogens with zero attached hydrogens (tertiary/aromatic N) is 3. The minimum absolute atomic E-state index is 0.00871. The molecule has 1 aromatic heterocycles. The number of amides is 2. The quantitative estimate of drug-likeness (QED) is 0.613. The van der Waals surface area contributed by atoms with Crippen molar-refractivity contribution in [3.63, 3.8) is 0 Å². The van der Waals surface area contributed by atoms with Crippen LogP contribution >= 0.6 is 11.6 Å². The highest BCUT2D eigenvalue weighted by atomic mass is 35.5. The van der Waals surface area contributed by atoms with Gasteiger partial charge in [-0.1, -0.05) is 11.6 Å². The summed E-state index contributed by atoms with van der Waals surface area (Å²) in [6, 6.07) is 3.68. The highest BCUT2D eigenvalue weighted by molar-refractivity contribution is 6.34. The van der Waals surface area contributed by atoms with Crippen molar-refractivity contribution in [3.05, 3.63) is 39.7 Å². The van der Waals surface area contributed by atoms with Crippen molar-refractivity contribution in [1.29, 1.82) is 0 Å². The summed E-state index contributed by atoms with van der Waals surface area (Å²) >= 11 is 6.20. The molecule has 3 N–H and O–H groups in total. The summed E-state index contributed by atoms with van der Waals surface area (Å²) in [5, 5.41) is 13.6. The normalized spacial score (nSPS) is 21.2. The Bertz CT molecular complexity index is 1150. The molecule has 9 heteroatoms. The van der Waals surface area contributed by atoms with E-state index in [1.165, 1.54) is 5.57 Å². The molecule has 1 spiro atoms. The molecule has 5 rings (SSSR count). The van der Waals surface area contributed by atoms with E-state index in [9.17, 15) is 9.59 Å². The molecular weight excluding hydrogens is 428 g/mol. The minimum Gasteiger partial charge on any atom is -0.345 e. The molecule has 8 nitrogen and oxygen atoms in total. The summed E-state index contributed by atoms with van der Waals surface area (Å²) in [6.45, 7) is 10.3. The fourth-order valence-electron chi connectivity index (χ4n) is 5.05. The highest BCUT2D eigenvalue weighted by Gasteiger charge is 2.45. The van der Waals surface area contributed by atoms with Gasteiger partial charge in [-0.3, -0.25) is 14.7 Å². The van der Waals surface area contributed by atoms with Crippen molar-refractivity contribution in [2.24, 2.45) is 0 Å². The second-order valence-corrected chi connectivity index (χ2v) is 10.7. The first-order chi connectivity index (χ1) is 15.1. The molecule has 3 aliphatic rings. The topological polar surface area (TPSA) is 93.4 Å². The Labute approximate surface area is 192 Å². The predicted molar refractivity (Wildman–Crippen MR) is 123 cm³/mol. The van der Waals surface area contributed by atoms with E-state index in [2.05, 4.69) is 46.7 Å². The molecule has 0 atom stereocenters. The Morgan fingerprint density at radius 1 is 1.22 bits per heavy atom. The number of H-pyrrole nitrogens is 1. The fourth-order valence-corrected chi connectivity index (χ4v) is 5.23. The zero-order valence-corrected chi connectivity index (χ0v) is 19.7. The Morgan fingerprint density at radius 3 is 2.62 bits per heavy atom. The number of nitrogens with one attached hydrogen (secondary N) is 3. The SMILES string of the molecule is Cc1cc(C(=O)N2CCC3(CC2)CC2=C(NN(C(C)(C)C)C2)C(=O)N3)cc2c(Cl)[nH]nc12. The molecule has 0 aliphatic carbocycles. The summed E-state index contributed by atoms with van der Waals surface area (Å²) in [7, 11) is 0. The fraction of sp³-hybridized carbons (Fsp3) is 0.522. The largest absolute Gasteiger partial charge is 0.345 e. The smallest absolute Gasteiger partial charge is 0.269 e. The predicted octanol–water partition coefficient (Wildman–Crippen LogP) is 2.89. The lowest BCUT2D eigenvalue weighted by atomic mass is 9.78. The number of hydrogen-bond donors (Lipinski definition) is 3. The number of carbonyl (C=O) groups is 2. The van der Waals surface area contributed by atoms with E-state index in [-0.39, 0.29) is 22.9 Å². The van der Waals surface area contributed by atoms with Crippen molar-refractivity contribution in [2.75, 3.05) is 19.6 Å². The molecule has 0 unspecified atom stereocenters. The summed E-state index contributed by atoms with van der Waals surface area (Å²) in [5.74, 6) is -0.0425. The van der Waals surface area contributed by atoms with Gasteiger partial charge >= 0.3 is 0 Å². The van der Waals surface area contributed by atoms with Gasteiger partial charge in [0.1, 0.15) is 10.9 Å². The summed E-state index contributed by atoms with van der Waals surface area (Å²) in [6.07, 6.45) is 2.31. The van der Waals surface area contributed by atoms with Crippen LogP contribution in [0.15, 0.2) is 23.4 Å². The van der Waals surface area contributed by atoms with E-state index >= 15 is 0 Å². The van der Waals surface area contributed by atoms with Gasteiger partial charge in [-0.15, -0.1) is 0 Å². The van der Waals surface area contributed by atoms with Crippen LogP contribution in [-0.4, -0.2) is 62.6 Å². The molecule has 3 aliphatic heterocycles. The van der Waals surface area contributed by atoms with Gasteiger partial charge in [0.2, 0.25) is 0 Å². The van der Waals surface area contributed by atoms with Crippen LogP contribution in [0.1, 0.15) is 56.0 Å². The number of halogens is 1. The van der Waals surface area contributed by atoms with Gasteiger partial charge in [0.05, 0.1) is 5.52 Å². The lowest BCUT2D eigenvalue weighted by Crippen LogP contribution is -2.59. The van der Waals surface area contributed by atoms with E-state index in [0.717, 1.165) is 42.3 Å². The molecule has 1 aromatic carbocycles. The van der Waals surface area contributed by atoms with Gasteiger partial charge in [0, 0.05) is 41.7 Å². The maximum absolute atomic E-state index is 13.2. The van der Waals surface area contributed by atoms with E-state index in [1.807, 2.05) is 24.0 Å². The zero-order chi connectivity index (χ0) is 22.8. The van der Waals surface area contributed by atoms with Crippen molar-refractivity contribution >= 4 is 34.3 Å². The van der Waals surface area contributed by atoms with E-state index in [4.69, 9.17) is 11.6 Å². The number of carbonyl (C=O) groups excluding carboxylic acids is 2. The number of aromatic nitrogens is 2. The van der Waals surface area contributed by atoms with Gasteiger partial charge in [-0.25, -0.2) is 5.01 Å². The Morgan fingerprint density at radius 2 is 1.94 bits per heavy atom. The summed E-state index contributed by atoms with van der Waals surface area (Å²) in [5.41, 5.74) is 7.12. The van der Waals surface area contributed by atoms with Crippen LogP contribution in [0.4, 0.5) is 0 Å². The molecule has 1 saturated heterocycles. The Balaban J connectivity index is 1.30. The maximum atomic E-state index is 13.2. The van der Waals surface area contributed by atoms with Crippen LogP contribution in [-0.2, 0) is 4.79 Å². The second-order valence-electron chi connectivity index (χ2n) is 10.3. The number of rotatable bonds is 1. The third kappa shape index (κ3) is 3.46. The van der Waals surface area contributed by atoms with Gasteiger partial charge in [0.25, 0.3) is 11.8 Å². The van der Waals surface area contributed by atoms with E-state index in [1.54, 1.807) is 0 Å². The number of piperidine rings is 1. The molecule has 170 valence electrons. The van der Waals surface area contributed by atoms with Crippen LogP contribution in [0.25, 0.3) is 10.9 Å². The zero-order valence-electron chi connectivity index (χ0n) is 18.9. The van der Waals surface area contributed by atoms with E-state index < -0.39 is 0 Å². The number of likely N-dealkylation sites (tertiary alicyclic amines) is 1. The number of fused-ring (bicyclic) bond motifs is 1. The van der Waals surface area contributed by atoms with Crippen LogP contribution < -0.4 is 10.7 Å². The summed E-state index contributed by atoms with van der Waals surface area (Å²) < 4.78 is 0. The first-order valence-corrected chi connectivity index (χ1v) is 11.5. The molecule has 2 aromatic rings. The molecular formula is C23H29ClN6O2. The first-order valence-electron chi connectivity index (χ1n) is 11.1. The van der Waals surface area contributed by atoms with Crippen LogP contribution in [0.3, 0.4) is 0 Å². The summed E-state index contributed by atoms with van der Waals surface area (Å²) in [4.78, 5) is 28.0. The third-order valence-electron chi connectivity index (χ3n) is 6.97. The Kier molecular flexibility index (Phi) is 4.80. The van der Waals surface area contributed by atoms with Crippen molar-refractivity contribution in [2.45, 2.75) is 58.0 Å². The van der Waals surface area contributed by atoms with Crippen LogP contribution in [0, 0.1) is 6.92 Å². The van der Waals surface area contributed by atoms with Gasteiger partial charge in [-0.05, 0) is 70.2 Å². The van der Waals surface area contributed by atoms with Crippen LogP contribution in [0.2, 0.25) is 5.15 Å². The third-order valence-corrected chi connectivity index (χ3v) is 7.26. The van der Waals surface area contributed by atoms with Crippen molar-refractivity contribution in [1.82, 2.24) is 30.8 Å². The second kappa shape index (κ2) is 7.22. The van der Waals surface area contributed by atoms with Gasteiger partial charge < -0.3 is 15.6 Å². The molecule has 4 heterocycles. The molecule has 32 heavy (non-hydrogen) atoms. The van der Waals surface area contributed by atoms with Gasteiger partial charge in [-0.2, -0.15) is 5.10 Å². The number of hydrogen-bond acceptors (Lipinski definition) is 5. The van der Waals surface area contributed by atoms with Gasteiger partial charge in [0.15, 0.2) is 0 Å². The molecule has 0 bridgehead atoms. The average molecular weight is 457 g/mol. The standard InChI is InChI=1S/C23H29ClN6O2/c1-13-9-14(10-16-17(13)26-27-19(16)24)21(32)29-7-5-23(6-8-29)11-15-12-30(22(2,3)4)28-18(15)20(31)25-23/h9-10,28H,5-8,11-12H2,1-4H3,(H,25,31)(H,26,27). The lowest BCUT2D eigenvalue weighted by Gasteiger charge is -2.44. The Hall–Kier alpha value is -2.58. The van der Waals surface area contributed by atoms with E-state index in [0.29, 0.717) is 29.5 Å². The highest BCUT2D eigenvalue weighted by Crippen LogP contribution is 2.37. The monoisotopic (exact) mass is 456 g/mol. The minimum atomic E-state index is -0.282. The number of hydrazine groups is 1. The first kappa shape index (κ1) is 21.3. The van der Waals surface area contributed by atoms with Crippen LogP contribution in [0.5, 0.6) is 0 Å². The lowest BCUT2D eigenvalue weighted by molar-refractivity contribution is -0.121.